The molecule has 0 spiro atoms. The van der Waals surface area contributed by atoms with Crippen LogP contribution in [0.5, 0.6) is 0 Å². The third-order valence-corrected chi connectivity index (χ3v) is 4.53. The molecular formula is C16H23N. The Morgan fingerprint density at radius 2 is 1.59 bits per heavy atom. The number of fused-ring (bicyclic) bond motifs is 2. The lowest BCUT2D eigenvalue weighted by atomic mass is 9.97. The van der Waals surface area contributed by atoms with Crippen LogP contribution in [0.2, 0.25) is 0 Å². The van der Waals surface area contributed by atoms with Crippen molar-refractivity contribution >= 4 is 5.69 Å². The summed E-state index contributed by atoms with van der Waals surface area (Å²) >= 11 is 0. The largest absolute Gasteiger partial charge is 0.371 e. The molecule has 1 aromatic carbocycles. The highest BCUT2D eigenvalue weighted by atomic mass is 15.1. The van der Waals surface area contributed by atoms with Gasteiger partial charge in [-0.05, 0) is 54.7 Å². The second-order valence-corrected chi connectivity index (χ2v) is 6.20. The summed E-state index contributed by atoms with van der Waals surface area (Å²) in [6.45, 7) is 7.10. The van der Waals surface area contributed by atoms with Crippen molar-refractivity contribution in [1.82, 2.24) is 0 Å². The monoisotopic (exact) mass is 229 g/mol. The van der Waals surface area contributed by atoms with Gasteiger partial charge < -0.3 is 4.90 Å². The van der Waals surface area contributed by atoms with Crippen LogP contribution in [0, 0.1) is 11.8 Å². The fraction of sp³-hybridized carbons (Fsp3) is 0.625. The predicted molar refractivity (Wildman–Crippen MR) is 73.6 cm³/mol. The van der Waals surface area contributed by atoms with E-state index in [9.17, 15) is 0 Å². The van der Waals surface area contributed by atoms with Gasteiger partial charge in [0.15, 0.2) is 0 Å². The van der Waals surface area contributed by atoms with E-state index in [2.05, 4.69) is 43.0 Å². The minimum atomic E-state index is 0.640. The summed E-state index contributed by atoms with van der Waals surface area (Å²) in [6, 6.07) is 9.24. The molecule has 3 rings (SSSR count). The molecule has 17 heavy (non-hydrogen) atoms. The van der Waals surface area contributed by atoms with Crippen molar-refractivity contribution in [2.45, 2.75) is 39.0 Å². The second-order valence-electron chi connectivity index (χ2n) is 6.20. The van der Waals surface area contributed by atoms with E-state index >= 15 is 0 Å². The van der Waals surface area contributed by atoms with Crippen LogP contribution in [-0.2, 0) is 0 Å². The zero-order chi connectivity index (χ0) is 11.8. The van der Waals surface area contributed by atoms with E-state index in [0.29, 0.717) is 5.92 Å². The van der Waals surface area contributed by atoms with Crippen LogP contribution in [0.15, 0.2) is 24.3 Å². The maximum atomic E-state index is 2.61. The van der Waals surface area contributed by atoms with E-state index < -0.39 is 0 Å². The number of hydrogen-bond acceptors (Lipinski definition) is 1. The quantitative estimate of drug-likeness (QED) is 0.739. The van der Waals surface area contributed by atoms with Gasteiger partial charge in [0.1, 0.15) is 0 Å². The summed E-state index contributed by atoms with van der Waals surface area (Å²) in [7, 11) is 0. The molecular weight excluding hydrogens is 206 g/mol. The molecule has 0 amide bonds. The minimum absolute atomic E-state index is 0.640. The van der Waals surface area contributed by atoms with Gasteiger partial charge in [-0.2, -0.15) is 0 Å². The van der Waals surface area contributed by atoms with Gasteiger partial charge in [-0.25, -0.2) is 0 Å². The van der Waals surface area contributed by atoms with Gasteiger partial charge >= 0.3 is 0 Å². The number of piperidine rings is 1. The van der Waals surface area contributed by atoms with Crippen LogP contribution in [0.1, 0.15) is 44.6 Å². The van der Waals surface area contributed by atoms with E-state index in [1.165, 1.54) is 43.6 Å². The Bertz CT molecular complexity index is 367. The smallest absolute Gasteiger partial charge is 0.0366 e. The Morgan fingerprint density at radius 3 is 2.12 bits per heavy atom. The average Bonchev–Trinajstić information content (AvgIpc) is 2.68. The van der Waals surface area contributed by atoms with E-state index in [-0.39, 0.29) is 0 Å². The van der Waals surface area contributed by atoms with Crippen molar-refractivity contribution in [3.63, 3.8) is 0 Å². The van der Waals surface area contributed by atoms with Crippen LogP contribution >= 0.6 is 0 Å². The van der Waals surface area contributed by atoms with Gasteiger partial charge in [0, 0.05) is 18.8 Å². The van der Waals surface area contributed by atoms with Crippen molar-refractivity contribution < 1.29 is 0 Å². The fourth-order valence-corrected chi connectivity index (χ4v) is 3.49. The van der Waals surface area contributed by atoms with Crippen LogP contribution < -0.4 is 4.90 Å². The van der Waals surface area contributed by atoms with Gasteiger partial charge in [-0.15, -0.1) is 0 Å². The molecule has 1 saturated carbocycles. The highest BCUT2D eigenvalue weighted by Crippen LogP contribution is 2.38. The molecule has 2 aliphatic rings. The van der Waals surface area contributed by atoms with E-state index in [1.54, 1.807) is 0 Å². The molecule has 92 valence electrons. The first kappa shape index (κ1) is 11.1. The van der Waals surface area contributed by atoms with Crippen LogP contribution in [0.25, 0.3) is 0 Å². The van der Waals surface area contributed by atoms with Crippen molar-refractivity contribution in [2.24, 2.45) is 11.8 Å². The Balaban J connectivity index is 1.75. The molecule has 2 atom stereocenters. The summed E-state index contributed by atoms with van der Waals surface area (Å²) in [5, 5.41) is 0. The van der Waals surface area contributed by atoms with Gasteiger partial charge in [0.25, 0.3) is 0 Å². The van der Waals surface area contributed by atoms with Gasteiger partial charge in [0.05, 0.1) is 0 Å². The molecule has 2 unspecified atom stereocenters. The van der Waals surface area contributed by atoms with Crippen LogP contribution in [0.4, 0.5) is 5.69 Å². The normalized spacial score (nSPS) is 27.8. The lowest BCUT2D eigenvalue weighted by molar-refractivity contribution is 0.421. The number of hydrogen-bond donors (Lipinski definition) is 0. The summed E-state index contributed by atoms with van der Waals surface area (Å²) < 4.78 is 0. The number of rotatable bonds is 2. The van der Waals surface area contributed by atoms with E-state index in [4.69, 9.17) is 0 Å². The zero-order valence-electron chi connectivity index (χ0n) is 11.0. The van der Waals surface area contributed by atoms with E-state index in [1.807, 2.05) is 0 Å². The number of benzene rings is 1. The molecule has 1 heterocycles. The number of nitrogens with zero attached hydrogens (tertiary/aromatic N) is 1. The predicted octanol–water partition coefficient (Wildman–Crippen LogP) is 4.05. The SMILES string of the molecule is CC(C)c1ccc(N2CC3CCC(C3)C2)cc1. The van der Waals surface area contributed by atoms with Crippen LogP contribution in [0.3, 0.4) is 0 Å². The summed E-state index contributed by atoms with van der Waals surface area (Å²) in [5.74, 6) is 2.58. The van der Waals surface area contributed by atoms with Crippen molar-refractivity contribution in [2.75, 3.05) is 18.0 Å². The Kier molecular flexibility index (Phi) is 2.85. The average molecular weight is 229 g/mol. The highest BCUT2D eigenvalue weighted by Gasteiger charge is 2.32. The lowest BCUT2D eigenvalue weighted by Gasteiger charge is -2.33. The second kappa shape index (κ2) is 4.36. The Hall–Kier alpha value is -0.980. The summed E-state index contributed by atoms with van der Waals surface area (Å²) in [6.07, 6.45) is 4.41. The van der Waals surface area contributed by atoms with Crippen LogP contribution in [-0.4, -0.2) is 13.1 Å². The molecule has 1 heteroatoms. The standard InChI is InChI=1S/C16H23N/c1-12(2)15-5-7-16(8-6-15)17-10-13-3-4-14(9-13)11-17/h5-8,12-14H,3-4,9-11H2,1-2H3. The molecule has 0 aromatic heterocycles. The number of anilines is 1. The van der Waals surface area contributed by atoms with Gasteiger partial charge in [-0.1, -0.05) is 26.0 Å². The lowest BCUT2D eigenvalue weighted by Crippen LogP contribution is -2.36. The van der Waals surface area contributed by atoms with E-state index in [0.717, 1.165) is 11.8 Å². The molecule has 0 radical (unpaired) electrons. The first-order chi connectivity index (χ1) is 8.22. The first-order valence-corrected chi connectivity index (χ1v) is 7.07. The molecule has 2 fully saturated rings. The topological polar surface area (TPSA) is 3.24 Å². The first-order valence-electron chi connectivity index (χ1n) is 7.07. The molecule has 0 N–H and O–H groups in total. The molecule has 1 aliphatic carbocycles. The van der Waals surface area contributed by atoms with Crippen molar-refractivity contribution in [1.29, 1.82) is 0 Å². The molecule has 1 aliphatic heterocycles. The zero-order valence-corrected chi connectivity index (χ0v) is 11.0. The maximum absolute atomic E-state index is 2.61. The molecule has 1 nitrogen and oxygen atoms in total. The molecule has 1 aromatic rings. The maximum Gasteiger partial charge on any atom is 0.0366 e. The Labute approximate surface area is 105 Å². The third-order valence-electron chi connectivity index (χ3n) is 4.53. The van der Waals surface area contributed by atoms with Gasteiger partial charge in [0.2, 0.25) is 0 Å². The highest BCUT2D eigenvalue weighted by molar-refractivity contribution is 5.48. The van der Waals surface area contributed by atoms with Crippen molar-refractivity contribution in [3.05, 3.63) is 29.8 Å². The summed E-state index contributed by atoms with van der Waals surface area (Å²) in [4.78, 5) is 2.61. The minimum Gasteiger partial charge on any atom is -0.371 e. The van der Waals surface area contributed by atoms with Gasteiger partial charge in [-0.3, -0.25) is 0 Å². The summed E-state index contributed by atoms with van der Waals surface area (Å²) in [5.41, 5.74) is 2.89. The molecule has 1 saturated heterocycles. The Morgan fingerprint density at radius 1 is 1.00 bits per heavy atom. The van der Waals surface area contributed by atoms with Crippen molar-refractivity contribution in [3.8, 4) is 0 Å². The fourth-order valence-electron chi connectivity index (χ4n) is 3.49. The third kappa shape index (κ3) is 2.20. The molecule has 2 bridgehead atoms.